The van der Waals surface area contributed by atoms with Gasteiger partial charge in [0.1, 0.15) is 5.82 Å². The summed E-state index contributed by atoms with van der Waals surface area (Å²) in [7, 11) is 4.05. The summed E-state index contributed by atoms with van der Waals surface area (Å²) in [5.74, 6) is 1.36. The number of anilines is 1. The molecule has 2 heterocycles. The monoisotopic (exact) mass is 291 g/mol. The molecule has 6 heteroatoms. The van der Waals surface area contributed by atoms with E-state index in [1.165, 1.54) is 11.4 Å². The third-order valence-corrected chi connectivity index (χ3v) is 4.42. The molecule has 20 heavy (non-hydrogen) atoms. The van der Waals surface area contributed by atoms with E-state index in [1.54, 1.807) is 6.20 Å². The largest absolute Gasteiger partial charge is 0.333 e. The maximum atomic E-state index is 5.86. The van der Waals surface area contributed by atoms with Crippen LogP contribution in [0.25, 0.3) is 0 Å². The highest BCUT2D eigenvalue weighted by atomic mass is 35.5. The van der Waals surface area contributed by atoms with Crippen LogP contribution in [0.4, 0.5) is 5.82 Å². The van der Waals surface area contributed by atoms with Gasteiger partial charge >= 0.3 is 0 Å². The predicted molar refractivity (Wildman–Crippen MR) is 80.9 cm³/mol. The Morgan fingerprint density at radius 2 is 2.25 bits per heavy atom. The lowest BCUT2D eigenvalue weighted by atomic mass is 9.86. The first-order valence-electron chi connectivity index (χ1n) is 6.80. The topological polar surface area (TPSA) is 44.6 Å². The quantitative estimate of drug-likeness (QED) is 0.786. The fourth-order valence-corrected chi connectivity index (χ4v) is 2.99. The third-order valence-electron chi connectivity index (χ3n) is 4.24. The molecule has 5 nitrogen and oxygen atoms in total. The van der Waals surface area contributed by atoms with Gasteiger partial charge in [-0.25, -0.2) is 9.97 Å². The molecule has 1 aromatic heterocycles. The van der Waals surface area contributed by atoms with Gasteiger partial charge in [0.15, 0.2) is 0 Å². The van der Waals surface area contributed by atoms with E-state index in [2.05, 4.69) is 38.0 Å². The minimum Gasteiger partial charge on any atom is -0.333 e. The Balaban J connectivity index is 1.87. The third kappa shape index (κ3) is 2.26. The molecule has 1 aliphatic carbocycles. The second-order valence-electron chi connectivity index (χ2n) is 5.36. The number of aromatic nitrogens is 2. The zero-order valence-electron chi connectivity index (χ0n) is 11.9. The van der Waals surface area contributed by atoms with Crippen LogP contribution in [0.5, 0.6) is 0 Å². The van der Waals surface area contributed by atoms with Gasteiger partial charge in [0.2, 0.25) is 5.28 Å². The number of allylic oxidation sites excluding steroid dienone is 2. The molecule has 2 atom stereocenters. The van der Waals surface area contributed by atoms with Crippen molar-refractivity contribution in [3.8, 4) is 0 Å². The van der Waals surface area contributed by atoms with E-state index < -0.39 is 0 Å². The summed E-state index contributed by atoms with van der Waals surface area (Å²) in [5.41, 5.74) is 2.39. The van der Waals surface area contributed by atoms with Gasteiger partial charge in [-0.15, -0.1) is 0 Å². The summed E-state index contributed by atoms with van der Waals surface area (Å²) in [4.78, 5) is 10.2. The average molecular weight is 292 g/mol. The lowest BCUT2D eigenvalue weighted by Crippen LogP contribution is -2.31. The molecule has 0 N–H and O–H groups in total. The van der Waals surface area contributed by atoms with Crippen LogP contribution in [0.3, 0.4) is 0 Å². The van der Waals surface area contributed by atoms with Crippen LogP contribution in [0, 0.1) is 5.92 Å². The van der Waals surface area contributed by atoms with E-state index >= 15 is 0 Å². The van der Waals surface area contributed by atoms with Crippen molar-refractivity contribution in [1.82, 2.24) is 15.0 Å². The van der Waals surface area contributed by atoms with E-state index in [0.29, 0.717) is 12.0 Å². The molecule has 0 amide bonds. The summed E-state index contributed by atoms with van der Waals surface area (Å²) >= 11 is 5.86. The maximum Gasteiger partial charge on any atom is 0.224 e. The first kappa shape index (κ1) is 13.4. The van der Waals surface area contributed by atoms with Crippen molar-refractivity contribution in [2.75, 3.05) is 19.0 Å². The first-order valence-corrected chi connectivity index (χ1v) is 7.18. The van der Waals surface area contributed by atoms with Gasteiger partial charge in [-0.1, -0.05) is 0 Å². The maximum absolute atomic E-state index is 5.86. The molecule has 0 bridgehead atoms. The van der Waals surface area contributed by atoms with Crippen LogP contribution in [0.15, 0.2) is 29.1 Å². The number of hydrogen-bond acceptors (Lipinski definition) is 5. The molecule has 3 rings (SSSR count). The normalized spacial score (nSPS) is 25.1. The van der Waals surface area contributed by atoms with E-state index in [0.717, 1.165) is 18.7 Å². The Bertz CT molecular complexity index is 583. The number of fused-ring (bicyclic) bond motifs is 1. The zero-order chi connectivity index (χ0) is 14.3. The van der Waals surface area contributed by atoms with Crippen LogP contribution in [-0.4, -0.2) is 40.8 Å². The van der Waals surface area contributed by atoms with Crippen molar-refractivity contribution < 1.29 is 0 Å². The molecule has 0 spiro atoms. The van der Waals surface area contributed by atoms with Crippen LogP contribution in [0.2, 0.25) is 5.28 Å². The van der Waals surface area contributed by atoms with Gasteiger partial charge in [-0.05, 0) is 43.5 Å². The summed E-state index contributed by atoms with van der Waals surface area (Å²) < 4.78 is 0. The second-order valence-corrected chi connectivity index (χ2v) is 5.70. The van der Waals surface area contributed by atoms with Gasteiger partial charge in [0, 0.05) is 31.9 Å². The lowest BCUT2D eigenvalue weighted by molar-refractivity contribution is 0.258. The number of hydrazone groups is 1. The van der Waals surface area contributed by atoms with E-state index in [4.69, 9.17) is 11.6 Å². The number of hydrogen-bond donors (Lipinski definition) is 0. The van der Waals surface area contributed by atoms with E-state index in [-0.39, 0.29) is 5.28 Å². The Morgan fingerprint density at radius 3 is 3.00 bits per heavy atom. The van der Waals surface area contributed by atoms with Crippen LogP contribution >= 0.6 is 11.6 Å². The van der Waals surface area contributed by atoms with Crippen molar-refractivity contribution in [2.24, 2.45) is 11.0 Å². The summed E-state index contributed by atoms with van der Waals surface area (Å²) in [5, 5.41) is 6.95. The number of halogens is 1. The van der Waals surface area contributed by atoms with Crippen molar-refractivity contribution in [2.45, 2.75) is 25.8 Å². The highest BCUT2D eigenvalue weighted by Crippen LogP contribution is 2.33. The van der Waals surface area contributed by atoms with E-state index in [1.807, 2.05) is 20.2 Å². The summed E-state index contributed by atoms with van der Waals surface area (Å²) in [6.07, 6.45) is 6.01. The minimum absolute atomic E-state index is 0.273. The minimum atomic E-state index is 0.273. The fourth-order valence-electron chi connectivity index (χ4n) is 2.85. The summed E-state index contributed by atoms with van der Waals surface area (Å²) in [6.45, 7) is 2.23. The number of nitrogens with zero attached hydrogens (tertiary/aromatic N) is 5. The average Bonchev–Trinajstić information content (AvgIpc) is 2.73. The molecule has 0 radical (unpaired) electrons. The van der Waals surface area contributed by atoms with Crippen molar-refractivity contribution >= 4 is 23.1 Å². The highest BCUT2D eigenvalue weighted by Gasteiger charge is 2.34. The molecule has 106 valence electrons. The molecular formula is C14H18ClN5. The molecule has 0 saturated heterocycles. The lowest BCUT2D eigenvalue weighted by Gasteiger charge is -2.28. The van der Waals surface area contributed by atoms with Gasteiger partial charge < -0.3 is 4.90 Å². The molecule has 2 unspecified atom stereocenters. The molecular weight excluding hydrogens is 274 g/mol. The van der Waals surface area contributed by atoms with Crippen LogP contribution in [0.1, 0.15) is 19.8 Å². The van der Waals surface area contributed by atoms with Crippen molar-refractivity contribution in [3.63, 3.8) is 0 Å². The van der Waals surface area contributed by atoms with Crippen molar-refractivity contribution in [3.05, 3.63) is 29.3 Å². The molecule has 2 aliphatic rings. The molecule has 0 saturated carbocycles. The zero-order valence-corrected chi connectivity index (χ0v) is 12.7. The molecule has 0 fully saturated rings. The molecule has 1 aliphatic heterocycles. The first-order chi connectivity index (χ1) is 9.56. The van der Waals surface area contributed by atoms with Gasteiger partial charge in [-0.3, -0.25) is 5.01 Å². The Labute approximate surface area is 124 Å². The van der Waals surface area contributed by atoms with Gasteiger partial charge in [0.25, 0.3) is 0 Å². The number of rotatable bonds is 2. The van der Waals surface area contributed by atoms with Gasteiger partial charge in [0.05, 0.1) is 11.8 Å². The second kappa shape index (κ2) is 5.05. The smallest absolute Gasteiger partial charge is 0.224 e. The molecule has 1 aromatic rings. The highest BCUT2D eigenvalue weighted by molar-refractivity contribution is 6.28. The van der Waals surface area contributed by atoms with Crippen LogP contribution in [-0.2, 0) is 0 Å². The predicted octanol–water partition coefficient (Wildman–Crippen LogP) is 2.55. The SMILES string of the molecule is CC1C2CCC(N(C)c3ccnc(Cl)n3)=CC2=NN1C. The standard InChI is InChI=1S/C14H18ClN5/c1-9-11-5-4-10(8-12(11)18-20(9)3)19(2)13-6-7-16-14(15)17-13/h6-9,11H,4-5H2,1-3H3. The van der Waals surface area contributed by atoms with Crippen LogP contribution < -0.4 is 4.90 Å². The Morgan fingerprint density at radius 1 is 1.45 bits per heavy atom. The van der Waals surface area contributed by atoms with Crippen molar-refractivity contribution in [1.29, 1.82) is 0 Å². The Kier molecular flexibility index (Phi) is 3.38. The summed E-state index contributed by atoms with van der Waals surface area (Å²) in [6, 6.07) is 2.35. The fraction of sp³-hybridized carbons (Fsp3) is 0.500. The van der Waals surface area contributed by atoms with E-state index in [9.17, 15) is 0 Å². The van der Waals surface area contributed by atoms with Gasteiger partial charge in [-0.2, -0.15) is 5.10 Å². The molecule has 0 aromatic carbocycles. The Hall–Kier alpha value is -1.62.